The number of rotatable bonds is 6. The zero-order valence-corrected chi connectivity index (χ0v) is 12.1. The van der Waals surface area contributed by atoms with Gasteiger partial charge in [-0.05, 0) is 44.0 Å². The second-order valence-corrected chi connectivity index (χ2v) is 4.91. The Morgan fingerprint density at radius 1 is 1.35 bits per heavy atom. The quantitative estimate of drug-likeness (QED) is 0.829. The molecule has 5 nitrogen and oxygen atoms in total. The molecule has 1 atom stereocenters. The lowest BCUT2D eigenvalue weighted by Gasteiger charge is -2.12. The van der Waals surface area contributed by atoms with Crippen molar-refractivity contribution in [2.45, 2.75) is 25.3 Å². The van der Waals surface area contributed by atoms with Crippen LogP contribution in [0.25, 0.3) is 0 Å². The minimum absolute atomic E-state index is 0.0797. The molecule has 1 aromatic rings. The molecule has 0 saturated carbocycles. The zero-order chi connectivity index (χ0) is 14.4. The van der Waals surface area contributed by atoms with Crippen LogP contribution in [-0.2, 0) is 0 Å². The first-order valence-electron chi connectivity index (χ1n) is 6.98. The highest BCUT2D eigenvalue weighted by Gasteiger charge is 2.14. The van der Waals surface area contributed by atoms with Gasteiger partial charge in [-0.15, -0.1) is 0 Å². The van der Waals surface area contributed by atoms with Gasteiger partial charge in [0.1, 0.15) is 0 Å². The number of hydrogen-bond acceptors (Lipinski definition) is 4. The highest BCUT2D eigenvalue weighted by molar-refractivity contribution is 5.94. The average Bonchev–Trinajstić information content (AvgIpc) is 2.99. The van der Waals surface area contributed by atoms with Crippen molar-refractivity contribution < 1.29 is 14.3 Å². The van der Waals surface area contributed by atoms with E-state index in [0.717, 1.165) is 13.0 Å². The molecule has 0 spiro atoms. The summed E-state index contributed by atoms with van der Waals surface area (Å²) in [6.45, 7) is 1.78. The first-order chi connectivity index (χ1) is 9.74. The van der Waals surface area contributed by atoms with Gasteiger partial charge in [-0.3, -0.25) is 4.79 Å². The van der Waals surface area contributed by atoms with E-state index in [1.165, 1.54) is 12.8 Å². The molecule has 1 aromatic carbocycles. The number of carbonyl (C=O) groups excluding carboxylic acids is 1. The largest absolute Gasteiger partial charge is 0.493 e. The van der Waals surface area contributed by atoms with Crippen LogP contribution < -0.4 is 20.1 Å². The van der Waals surface area contributed by atoms with Crippen molar-refractivity contribution in [1.82, 2.24) is 10.6 Å². The van der Waals surface area contributed by atoms with E-state index in [-0.39, 0.29) is 5.91 Å². The van der Waals surface area contributed by atoms with Crippen molar-refractivity contribution in [3.63, 3.8) is 0 Å². The molecule has 0 aromatic heterocycles. The predicted molar refractivity (Wildman–Crippen MR) is 77.5 cm³/mol. The molecule has 1 fully saturated rings. The van der Waals surface area contributed by atoms with Gasteiger partial charge in [-0.1, -0.05) is 0 Å². The molecule has 1 amide bonds. The van der Waals surface area contributed by atoms with E-state index in [2.05, 4.69) is 10.6 Å². The number of nitrogens with one attached hydrogen (secondary N) is 2. The van der Waals surface area contributed by atoms with Crippen LogP contribution in [0.1, 0.15) is 29.6 Å². The van der Waals surface area contributed by atoms with E-state index in [1.54, 1.807) is 32.4 Å². The molecule has 1 saturated heterocycles. The number of carbonyl (C=O) groups is 1. The molecule has 0 radical (unpaired) electrons. The summed E-state index contributed by atoms with van der Waals surface area (Å²) >= 11 is 0. The minimum atomic E-state index is -0.0797. The van der Waals surface area contributed by atoms with Gasteiger partial charge in [0.2, 0.25) is 0 Å². The monoisotopic (exact) mass is 278 g/mol. The third-order valence-corrected chi connectivity index (χ3v) is 3.59. The summed E-state index contributed by atoms with van der Waals surface area (Å²) in [6.07, 6.45) is 3.40. The fourth-order valence-corrected chi connectivity index (χ4v) is 2.44. The SMILES string of the molecule is COc1ccc(C(=O)NCCC2CCCN2)cc1OC. The van der Waals surface area contributed by atoms with Gasteiger partial charge in [0, 0.05) is 18.2 Å². The van der Waals surface area contributed by atoms with Crippen LogP contribution in [0.5, 0.6) is 11.5 Å². The highest BCUT2D eigenvalue weighted by Crippen LogP contribution is 2.27. The summed E-state index contributed by atoms with van der Waals surface area (Å²) in [6, 6.07) is 5.72. The molecule has 1 aliphatic heterocycles. The van der Waals surface area contributed by atoms with Crippen molar-refractivity contribution in [2.24, 2.45) is 0 Å². The predicted octanol–water partition coefficient (Wildman–Crippen LogP) is 1.58. The molecule has 1 heterocycles. The summed E-state index contributed by atoms with van der Waals surface area (Å²) in [4.78, 5) is 12.1. The number of hydrogen-bond donors (Lipinski definition) is 2. The van der Waals surface area contributed by atoms with E-state index in [0.29, 0.717) is 29.6 Å². The average molecular weight is 278 g/mol. The lowest BCUT2D eigenvalue weighted by molar-refractivity contribution is 0.0952. The van der Waals surface area contributed by atoms with Gasteiger partial charge < -0.3 is 20.1 Å². The summed E-state index contributed by atoms with van der Waals surface area (Å²) < 4.78 is 10.4. The number of methoxy groups -OCH3 is 2. The Morgan fingerprint density at radius 3 is 2.80 bits per heavy atom. The Hall–Kier alpha value is -1.75. The molecule has 0 aliphatic carbocycles. The molecule has 1 unspecified atom stereocenters. The van der Waals surface area contributed by atoms with E-state index in [4.69, 9.17) is 9.47 Å². The van der Waals surface area contributed by atoms with Crippen LogP contribution in [0.4, 0.5) is 0 Å². The minimum Gasteiger partial charge on any atom is -0.493 e. The molecular weight excluding hydrogens is 256 g/mol. The Morgan fingerprint density at radius 2 is 2.15 bits per heavy atom. The number of amides is 1. The van der Waals surface area contributed by atoms with Crippen LogP contribution in [0.2, 0.25) is 0 Å². The van der Waals surface area contributed by atoms with Crippen LogP contribution in [0.15, 0.2) is 18.2 Å². The second kappa shape index (κ2) is 7.14. The van der Waals surface area contributed by atoms with Crippen LogP contribution in [0.3, 0.4) is 0 Å². The van der Waals surface area contributed by atoms with E-state index in [9.17, 15) is 4.79 Å². The molecule has 110 valence electrons. The standard InChI is InChI=1S/C15H22N2O3/c1-19-13-6-5-11(10-14(13)20-2)15(18)17-9-7-12-4-3-8-16-12/h5-6,10,12,16H,3-4,7-9H2,1-2H3,(H,17,18). The summed E-state index contributed by atoms with van der Waals surface area (Å²) in [5, 5.41) is 6.35. The van der Waals surface area contributed by atoms with Gasteiger partial charge in [0.05, 0.1) is 14.2 Å². The van der Waals surface area contributed by atoms with Crippen molar-refractivity contribution in [1.29, 1.82) is 0 Å². The van der Waals surface area contributed by atoms with Gasteiger partial charge in [0.15, 0.2) is 11.5 Å². The lowest BCUT2D eigenvalue weighted by atomic mass is 10.1. The van der Waals surface area contributed by atoms with E-state index >= 15 is 0 Å². The maximum absolute atomic E-state index is 12.1. The molecule has 1 aliphatic rings. The summed E-state index contributed by atoms with van der Waals surface area (Å²) in [5.74, 6) is 1.11. The first-order valence-corrected chi connectivity index (χ1v) is 6.98. The topological polar surface area (TPSA) is 59.6 Å². The van der Waals surface area contributed by atoms with Crippen molar-refractivity contribution in [3.05, 3.63) is 23.8 Å². The molecule has 2 rings (SSSR count). The normalized spacial score (nSPS) is 17.8. The van der Waals surface area contributed by atoms with Crippen LogP contribution >= 0.6 is 0 Å². The molecule has 5 heteroatoms. The third-order valence-electron chi connectivity index (χ3n) is 3.59. The van der Waals surface area contributed by atoms with Gasteiger partial charge in [0.25, 0.3) is 5.91 Å². The maximum Gasteiger partial charge on any atom is 0.251 e. The number of benzene rings is 1. The Kier molecular flexibility index (Phi) is 5.24. The molecule has 0 bridgehead atoms. The van der Waals surface area contributed by atoms with Crippen LogP contribution in [0, 0.1) is 0 Å². The van der Waals surface area contributed by atoms with Crippen molar-refractivity contribution >= 4 is 5.91 Å². The Balaban J connectivity index is 1.88. The highest BCUT2D eigenvalue weighted by atomic mass is 16.5. The van der Waals surface area contributed by atoms with Crippen molar-refractivity contribution in [2.75, 3.05) is 27.3 Å². The molecule has 2 N–H and O–H groups in total. The fraction of sp³-hybridized carbons (Fsp3) is 0.533. The molecule has 20 heavy (non-hydrogen) atoms. The Bertz CT molecular complexity index is 456. The van der Waals surface area contributed by atoms with Gasteiger partial charge in [-0.25, -0.2) is 0 Å². The van der Waals surface area contributed by atoms with E-state index in [1.807, 2.05) is 0 Å². The first kappa shape index (κ1) is 14.7. The van der Waals surface area contributed by atoms with Crippen molar-refractivity contribution in [3.8, 4) is 11.5 Å². The molecular formula is C15H22N2O3. The van der Waals surface area contributed by atoms with Gasteiger partial charge in [-0.2, -0.15) is 0 Å². The third kappa shape index (κ3) is 3.63. The summed E-state index contributed by atoms with van der Waals surface area (Å²) in [5.41, 5.74) is 0.585. The maximum atomic E-state index is 12.1. The lowest BCUT2D eigenvalue weighted by Crippen LogP contribution is -2.30. The Labute approximate surface area is 119 Å². The fourth-order valence-electron chi connectivity index (χ4n) is 2.44. The van der Waals surface area contributed by atoms with Crippen LogP contribution in [-0.4, -0.2) is 39.3 Å². The smallest absolute Gasteiger partial charge is 0.251 e. The van der Waals surface area contributed by atoms with Gasteiger partial charge >= 0.3 is 0 Å². The summed E-state index contributed by atoms with van der Waals surface area (Å²) in [7, 11) is 3.14. The zero-order valence-electron chi connectivity index (χ0n) is 12.1. The van der Waals surface area contributed by atoms with E-state index < -0.39 is 0 Å². The second-order valence-electron chi connectivity index (χ2n) is 4.91. The number of ether oxygens (including phenoxy) is 2.